The molecule has 0 spiro atoms. The number of likely N-dealkylation sites (tertiary alicyclic amines) is 1. The van der Waals surface area contributed by atoms with Gasteiger partial charge in [-0.05, 0) is 86.8 Å². The second kappa shape index (κ2) is 10.5. The highest BCUT2D eigenvalue weighted by Gasteiger charge is 2.20. The maximum Gasteiger partial charge on any atom is 0.258 e. The molecule has 0 N–H and O–H groups in total. The van der Waals surface area contributed by atoms with Gasteiger partial charge in [-0.1, -0.05) is 39.3 Å². The number of rotatable bonds is 7. The predicted octanol–water partition coefficient (Wildman–Crippen LogP) is 6.16. The lowest BCUT2D eigenvalue weighted by molar-refractivity contribution is 0.137. The maximum absolute atomic E-state index is 6.16. The van der Waals surface area contributed by atoms with E-state index in [4.69, 9.17) is 9.26 Å². The van der Waals surface area contributed by atoms with Gasteiger partial charge in [0.25, 0.3) is 5.89 Å². The summed E-state index contributed by atoms with van der Waals surface area (Å²) in [5.74, 6) is 2.39. The number of aryl methyl sites for hydroxylation is 1. The van der Waals surface area contributed by atoms with Gasteiger partial charge >= 0.3 is 0 Å². The highest BCUT2D eigenvalue weighted by Crippen LogP contribution is 2.26. The lowest BCUT2D eigenvalue weighted by atomic mass is 9.97. The van der Waals surface area contributed by atoms with Crippen LogP contribution in [0.3, 0.4) is 0 Å². The van der Waals surface area contributed by atoms with E-state index in [1.165, 1.54) is 5.56 Å². The highest BCUT2D eigenvalue weighted by molar-refractivity contribution is 9.10. The summed E-state index contributed by atoms with van der Waals surface area (Å²) in [5, 5.41) is 4.11. The van der Waals surface area contributed by atoms with E-state index >= 15 is 0 Å². The summed E-state index contributed by atoms with van der Waals surface area (Å²) in [4.78, 5) is 11.4. The molecule has 5 rings (SSSR count). The number of ether oxygens (including phenoxy) is 1. The Morgan fingerprint density at radius 1 is 1.03 bits per heavy atom. The molecule has 0 atom stereocenters. The molecule has 3 heterocycles. The molecule has 1 saturated heterocycles. The minimum atomic E-state index is 0.474. The average Bonchev–Trinajstić information content (AvgIpc) is 3.36. The van der Waals surface area contributed by atoms with Crippen molar-refractivity contribution in [2.75, 3.05) is 19.7 Å². The first kappa shape index (κ1) is 22.7. The number of hydrogen-bond donors (Lipinski definition) is 0. The van der Waals surface area contributed by atoms with Crippen molar-refractivity contribution in [1.82, 2.24) is 20.0 Å². The normalized spacial score (nSPS) is 14.9. The third-order valence-corrected chi connectivity index (χ3v) is 6.72. The molecular weight excluding hydrogens is 492 g/mol. The Hall–Kier alpha value is -3.03. The largest absolute Gasteiger partial charge is 0.493 e. The lowest BCUT2D eigenvalue weighted by Crippen LogP contribution is -2.35. The van der Waals surface area contributed by atoms with Gasteiger partial charge in [0.15, 0.2) is 0 Å². The Morgan fingerprint density at radius 3 is 2.62 bits per heavy atom. The van der Waals surface area contributed by atoms with Gasteiger partial charge in [-0.3, -0.25) is 9.88 Å². The number of benzene rings is 2. The Labute approximate surface area is 208 Å². The van der Waals surface area contributed by atoms with Crippen LogP contribution < -0.4 is 4.74 Å². The quantitative estimate of drug-likeness (QED) is 0.292. The molecule has 0 aliphatic carbocycles. The number of hydrogen-bond acceptors (Lipinski definition) is 6. The summed E-state index contributed by atoms with van der Waals surface area (Å²) in [6.45, 7) is 5.88. The van der Waals surface area contributed by atoms with E-state index in [9.17, 15) is 0 Å². The van der Waals surface area contributed by atoms with Crippen LogP contribution in [0.1, 0.15) is 24.1 Å². The van der Waals surface area contributed by atoms with Gasteiger partial charge in [0.05, 0.1) is 6.61 Å². The number of halogens is 1. The molecule has 34 heavy (non-hydrogen) atoms. The Morgan fingerprint density at radius 2 is 1.85 bits per heavy atom. The van der Waals surface area contributed by atoms with Crippen LogP contribution in [-0.4, -0.2) is 39.7 Å². The fraction of sp³-hybridized carbons (Fsp3) is 0.296. The molecule has 174 valence electrons. The zero-order valence-electron chi connectivity index (χ0n) is 19.2. The third-order valence-electron chi connectivity index (χ3n) is 6.19. The Kier molecular flexibility index (Phi) is 7.02. The molecule has 1 aliphatic heterocycles. The summed E-state index contributed by atoms with van der Waals surface area (Å²) in [6, 6.07) is 20.3. The van der Waals surface area contributed by atoms with Crippen LogP contribution in [-0.2, 0) is 6.54 Å². The molecule has 0 bridgehead atoms. The molecule has 0 unspecified atom stereocenters. The number of nitrogens with zero attached hydrogens (tertiary/aromatic N) is 4. The fourth-order valence-electron chi connectivity index (χ4n) is 4.15. The Balaban J connectivity index is 1.14. The molecular formula is C27H27BrN4O2. The average molecular weight is 519 g/mol. The van der Waals surface area contributed by atoms with Crippen LogP contribution >= 0.6 is 15.9 Å². The third kappa shape index (κ3) is 5.72. The highest BCUT2D eigenvalue weighted by atomic mass is 79.9. The van der Waals surface area contributed by atoms with E-state index in [1.54, 1.807) is 6.20 Å². The van der Waals surface area contributed by atoms with Crippen LogP contribution in [0.4, 0.5) is 0 Å². The Bertz CT molecular complexity index is 1220. The lowest BCUT2D eigenvalue weighted by Gasteiger charge is -2.31. The standard InChI is InChI=1S/C27H27BrN4O2/c1-19-5-8-23(16-29-19)26-30-27(34-31-26)22-3-2-4-25(15-22)33-18-21-11-13-32(14-12-21)17-20-6-9-24(28)10-7-20/h2-10,15-16,21H,11-14,17-18H2,1H3. The van der Waals surface area contributed by atoms with Crippen molar-refractivity contribution in [3.05, 3.63) is 82.6 Å². The molecule has 0 saturated carbocycles. The fourth-order valence-corrected chi connectivity index (χ4v) is 4.41. The summed E-state index contributed by atoms with van der Waals surface area (Å²) < 4.78 is 12.8. The van der Waals surface area contributed by atoms with E-state index in [0.717, 1.165) is 66.1 Å². The van der Waals surface area contributed by atoms with E-state index in [1.807, 2.05) is 43.3 Å². The zero-order chi connectivity index (χ0) is 23.3. The molecule has 0 radical (unpaired) electrons. The van der Waals surface area contributed by atoms with Crippen molar-refractivity contribution in [1.29, 1.82) is 0 Å². The smallest absolute Gasteiger partial charge is 0.258 e. The molecule has 1 fully saturated rings. The molecule has 2 aromatic heterocycles. The molecule has 0 amide bonds. The van der Waals surface area contributed by atoms with E-state index < -0.39 is 0 Å². The minimum absolute atomic E-state index is 0.474. The zero-order valence-corrected chi connectivity index (χ0v) is 20.7. The van der Waals surface area contributed by atoms with Crippen molar-refractivity contribution < 1.29 is 9.26 Å². The first-order valence-electron chi connectivity index (χ1n) is 11.6. The van der Waals surface area contributed by atoms with Gasteiger partial charge in [-0.25, -0.2) is 0 Å². The molecule has 1 aliphatic rings. The van der Waals surface area contributed by atoms with Gasteiger partial charge in [-0.2, -0.15) is 4.98 Å². The van der Waals surface area contributed by atoms with Crippen LogP contribution in [0.25, 0.3) is 22.8 Å². The van der Waals surface area contributed by atoms with E-state index in [2.05, 4.69) is 60.2 Å². The van der Waals surface area contributed by atoms with Crippen molar-refractivity contribution in [2.24, 2.45) is 5.92 Å². The van der Waals surface area contributed by atoms with Crippen molar-refractivity contribution in [3.63, 3.8) is 0 Å². The first-order valence-corrected chi connectivity index (χ1v) is 12.4. The van der Waals surface area contributed by atoms with Crippen molar-refractivity contribution >= 4 is 15.9 Å². The van der Waals surface area contributed by atoms with E-state index in [-0.39, 0.29) is 0 Å². The van der Waals surface area contributed by atoms with Gasteiger partial charge < -0.3 is 9.26 Å². The number of piperidine rings is 1. The van der Waals surface area contributed by atoms with Gasteiger partial charge in [-0.15, -0.1) is 0 Å². The van der Waals surface area contributed by atoms with Crippen LogP contribution in [0.15, 0.2) is 75.9 Å². The summed E-state index contributed by atoms with van der Waals surface area (Å²) in [5.41, 5.74) is 3.99. The van der Waals surface area contributed by atoms with E-state index in [0.29, 0.717) is 17.6 Å². The minimum Gasteiger partial charge on any atom is -0.493 e. The van der Waals surface area contributed by atoms with Gasteiger partial charge in [0.1, 0.15) is 5.75 Å². The second-order valence-electron chi connectivity index (χ2n) is 8.80. The van der Waals surface area contributed by atoms with Crippen LogP contribution in [0.5, 0.6) is 5.75 Å². The number of pyridine rings is 1. The van der Waals surface area contributed by atoms with Crippen LogP contribution in [0, 0.1) is 12.8 Å². The first-order chi connectivity index (χ1) is 16.6. The van der Waals surface area contributed by atoms with Crippen molar-refractivity contribution in [2.45, 2.75) is 26.3 Å². The molecule has 7 heteroatoms. The van der Waals surface area contributed by atoms with Crippen molar-refractivity contribution in [3.8, 4) is 28.6 Å². The monoisotopic (exact) mass is 518 g/mol. The summed E-state index contributed by atoms with van der Waals surface area (Å²) >= 11 is 3.50. The molecule has 4 aromatic rings. The second-order valence-corrected chi connectivity index (χ2v) is 9.71. The predicted molar refractivity (Wildman–Crippen MR) is 135 cm³/mol. The summed E-state index contributed by atoms with van der Waals surface area (Å²) in [7, 11) is 0. The number of aromatic nitrogens is 3. The molecule has 6 nitrogen and oxygen atoms in total. The topological polar surface area (TPSA) is 64.3 Å². The van der Waals surface area contributed by atoms with Crippen LogP contribution in [0.2, 0.25) is 0 Å². The van der Waals surface area contributed by atoms with Gasteiger partial charge in [0.2, 0.25) is 5.82 Å². The maximum atomic E-state index is 6.16. The summed E-state index contributed by atoms with van der Waals surface area (Å²) in [6.07, 6.45) is 4.05. The van der Waals surface area contributed by atoms with Gasteiger partial charge in [0, 0.05) is 34.0 Å². The molecule has 2 aromatic carbocycles. The SMILES string of the molecule is Cc1ccc(-c2noc(-c3cccc(OCC4CCN(Cc5ccc(Br)cc5)CC4)c3)n2)cn1.